The van der Waals surface area contributed by atoms with E-state index in [0.29, 0.717) is 5.56 Å². The molecule has 1 N–H and O–H groups in total. The second kappa shape index (κ2) is 6.06. The molecule has 102 valence electrons. The van der Waals surface area contributed by atoms with Gasteiger partial charge in [-0.25, -0.2) is 0 Å². The summed E-state index contributed by atoms with van der Waals surface area (Å²) >= 11 is 0. The first-order valence-electron chi connectivity index (χ1n) is 6.81. The summed E-state index contributed by atoms with van der Waals surface area (Å²) in [6.45, 7) is 0. The lowest BCUT2D eigenvalue weighted by molar-refractivity contribution is 0.474. The summed E-state index contributed by atoms with van der Waals surface area (Å²) in [5.74, 6) is 0.235. The first kappa shape index (κ1) is 13.1. The fourth-order valence-electron chi connectivity index (χ4n) is 2.18. The Morgan fingerprint density at radius 3 is 2.19 bits per heavy atom. The standard InChI is InChI=1S/C19H15NO/c21-19-13-7-4-10-16(19)14-20-18-12-6-5-11-17(18)15-8-2-1-3-9-15/h1-14,21H. The third-order valence-electron chi connectivity index (χ3n) is 3.27. The van der Waals surface area contributed by atoms with Gasteiger partial charge in [0.25, 0.3) is 0 Å². The summed E-state index contributed by atoms with van der Waals surface area (Å²) < 4.78 is 0. The highest BCUT2D eigenvalue weighted by molar-refractivity contribution is 5.88. The monoisotopic (exact) mass is 273 g/mol. The van der Waals surface area contributed by atoms with E-state index in [9.17, 15) is 5.11 Å². The Labute approximate surface area is 124 Å². The molecule has 0 aromatic heterocycles. The molecule has 0 radical (unpaired) electrons. The third-order valence-corrected chi connectivity index (χ3v) is 3.27. The van der Waals surface area contributed by atoms with Crippen molar-refractivity contribution in [2.45, 2.75) is 0 Å². The normalized spacial score (nSPS) is 10.9. The highest BCUT2D eigenvalue weighted by Crippen LogP contribution is 2.30. The number of phenols is 1. The van der Waals surface area contributed by atoms with Crippen LogP contribution in [0.1, 0.15) is 5.56 Å². The fourth-order valence-corrected chi connectivity index (χ4v) is 2.18. The van der Waals surface area contributed by atoms with Crippen LogP contribution in [0.5, 0.6) is 5.75 Å². The molecule has 0 amide bonds. The van der Waals surface area contributed by atoms with Gasteiger partial charge in [0.2, 0.25) is 0 Å². The lowest BCUT2D eigenvalue weighted by Gasteiger charge is -2.05. The molecule has 3 aromatic carbocycles. The molecule has 0 spiro atoms. The van der Waals surface area contributed by atoms with E-state index in [1.54, 1.807) is 18.3 Å². The summed E-state index contributed by atoms with van der Waals surface area (Å²) in [6, 6.07) is 25.3. The Balaban J connectivity index is 1.99. The fraction of sp³-hybridized carbons (Fsp3) is 0. The largest absolute Gasteiger partial charge is 0.507 e. The number of aliphatic imine (C=N–C) groups is 1. The zero-order valence-electron chi connectivity index (χ0n) is 11.5. The molecule has 2 heteroatoms. The molecule has 3 aromatic rings. The van der Waals surface area contributed by atoms with Crippen LogP contribution in [0.2, 0.25) is 0 Å². The third kappa shape index (κ3) is 3.00. The van der Waals surface area contributed by atoms with Crippen molar-refractivity contribution in [3.63, 3.8) is 0 Å². The molecule has 0 unspecified atom stereocenters. The second-order valence-electron chi connectivity index (χ2n) is 4.70. The molecule has 0 atom stereocenters. The van der Waals surface area contributed by atoms with Crippen LogP contribution in [0.3, 0.4) is 0 Å². The number of hydrogen-bond acceptors (Lipinski definition) is 2. The summed E-state index contributed by atoms with van der Waals surface area (Å²) in [6.07, 6.45) is 1.69. The topological polar surface area (TPSA) is 32.6 Å². The Morgan fingerprint density at radius 2 is 1.38 bits per heavy atom. The van der Waals surface area contributed by atoms with Crippen molar-refractivity contribution in [1.82, 2.24) is 0 Å². The van der Waals surface area contributed by atoms with Crippen molar-refractivity contribution in [3.8, 4) is 16.9 Å². The van der Waals surface area contributed by atoms with Gasteiger partial charge in [-0.15, -0.1) is 0 Å². The Hall–Kier alpha value is -2.87. The van der Waals surface area contributed by atoms with Crippen LogP contribution in [0, 0.1) is 0 Å². The highest BCUT2D eigenvalue weighted by atomic mass is 16.3. The number of phenolic OH excluding ortho intramolecular Hbond substituents is 1. The van der Waals surface area contributed by atoms with Crippen LogP contribution < -0.4 is 0 Å². The van der Waals surface area contributed by atoms with E-state index in [-0.39, 0.29) is 5.75 Å². The molecule has 2 nitrogen and oxygen atoms in total. The van der Waals surface area contributed by atoms with Gasteiger partial charge in [-0.05, 0) is 23.8 Å². The first-order chi connectivity index (χ1) is 10.3. The summed E-state index contributed by atoms with van der Waals surface area (Å²) in [5.41, 5.74) is 3.79. The van der Waals surface area contributed by atoms with E-state index >= 15 is 0 Å². The summed E-state index contributed by atoms with van der Waals surface area (Å²) in [7, 11) is 0. The maximum absolute atomic E-state index is 9.78. The number of aromatic hydroxyl groups is 1. The van der Waals surface area contributed by atoms with Gasteiger partial charge in [0, 0.05) is 17.3 Å². The van der Waals surface area contributed by atoms with Crippen LogP contribution in [0.25, 0.3) is 11.1 Å². The Bertz CT molecular complexity index is 763. The van der Waals surface area contributed by atoms with Gasteiger partial charge < -0.3 is 5.11 Å². The van der Waals surface area contributed by atoms with Gasteiger partial charge >= 0.3 is 0 Å². The maximum atomic E-state index is 9.78. The minimum Gasteiger partial charge on any atom is -0.507 e. The van der Waals surface area contributed by atoms with E-state index in [1.807, 2.05) is 54.6 Å². The number of nitrogens with zero attached hydrogens (tertiary/aromatic N) is 1. The molecule has 0 saturated heterocycles. The van der Waals surface area contributed by atoms with Crippen molar-refractivity contribution < 1.29 is 5.11 Å². The molecule has 0 aliphatic rings. The number of hydrogen-bond donors (Lipinski definition) is 1. The van der Waals surface area contributed by atoms with Crippen molar-refractivity contribution in [1.29, 1.82) is 0 Å². The van der Waals surface area contributed by atoms with Crippen molar-refractivity contribution >= 4 is 11.9 Å². The van der Waals surface area contributed by atoms with E-state index in [0.717, 1.165) is 16.8 Å². The minimum absolute atomic E-state index is 0.235. The quantitative estimate of drug-likeness (QED) is 0.682. The average molecular weight is 273 g/mol. The molecular weight excluding hydrogens is 258 g/mol. The van der Waals surface area contributed by atoms with Crippen LogP contribution >= 0.6 is 0 Å². The smallest absolute Gasteiger partial charge is 0.124 e. The molecule has 21 heavy (non-hydrogen) atoms. The SMILES string of the molecule is Oc1ccccc1C=Nc1ccccc1-c1ccccc1. The summed E-state index contributed by atoms with van der Waals surface area (Å²) in [5, 5.41) is 9.78. The average Bonchev–Trinajstić information content (AvgIpc) is 2.55. The molecule has 0 saturated carbocycles. The Kier molecular flexibility index (Phi) is 3.79. The van der Waals surface area contributed by atoms with Gasteiger partial charge in [0.05, 0.1) is 5.69 Å². The molecule has 0 bridgehead atoms. The van der Waals surface area contributed by atoms with Crippen LogP contribution in [0.4, 0.5) is 5.69 Å². The predicted molar refractivity (Wildman–Crippen MR) is 87.2 cm³/mol. The van der Waals surface area contributed by atoms with Gasteiger partial charge in [-0.1, -0.05) is 60.7 Å². The molecule has 0 fully saturated rings. The van der Waals surface area contributed by atoms with E-state index < -0.39 is 0 Å². The lowest BCUT2D eigenvalue weighted by Crippen LogP contribution is -1.83. The van der Waals surface area contributed by atoms with Crippen molar-refractivity contribution in [2.24, 2.45) is 4.99 Å². The minimum atomic E-state index is 0.235. The van der Waals surface area contributed by atoms with Crippen LogP contribution in [-0.4, -0.2) is 11.3 Å². The molecule has 3 rings (SSSR count). The molecule has 0 aliphatic carbocycles. The highest BCUT2D eigenvalue weighted by Gasteiger charge is 2.02. The number of benzene rings is 3. The molecule has 0 heterocycles. The lowest BCUT2D eigenvalue weighted by atomic mass is 10.0. The molecular formula is C19H15NO. The first-order valence-corrected chi connectivity index (χ1v) is 6.81. The van der Waals surface area contributed by atoms with E-state index in [2.05, 4.69) is 17.1 Å². The van der Waals surface area contributed by atoms with Gasteiger partial charge in [-0.2, -0.15) is 0 Å². The van der Waals surface area contributed by atoms with Gasteiger partial charge in [0.15, 0.2) is 0 Å². The van der Waals surface area contributed by atoms with Crippen LogP contribution in [0.15, 0.2) is 83.9 Å². The van der Waals surface area contributed by atoms with Gasteiger partial charge in [0.1, 0.15) is 5.75 Å². The van der Waals surface area contributed by atoms with Gasteiger partial charge in [-0.3, -0.25) is 4.99 Å². The zero-order valence-corrected chi connectivity index (χ0v) is 11.5. The Morgan fingerprint density at radius 1 is 0.714 bits per heavy atom. The zero-order chi connectivity index (χ0) is 14.5. The number of rotatable bonds is 3. The molecule has 0 aliphatic heterocycles. The van der Waals surface area contributed by atoms with Crippen molar-refractivity contribution in [2.75, 3.05) is 0 Å². The van der Waals surface area contributed by atoms with E-state index in [1.165, 1.54) is 0 Å². The van der Waals surface area contributed by atoms with Crippen LogP contribution in [-0.2, 0) is 0 Å². The van der Waals surface area contributed by atoms with Crippen molar-refractivity contribution in [3.05, 3.63) is 84.4 Å². The maximum Gasteiger partial charge on any atom is 0.124 e. The summed E-state index contributed by atoms with van der Waals surface area (Å²) in [4.78, 5) is 4.53. The van der Waals surface area contributed by atoms with E-state index in [4.69, 9.17) is 0 Å². The predicted octanol–water partition coefficient (Wildman–Crippen LogP) is 4.81. The second-order valence-corrected chi connectivity index (χ2v) is 4.70. The number of para-hydroxylation sites is 2.